The summed E-state index contributed by atoms with van der Waals surface area (Å²) in [4.78, 5) is 23.5. The van der Waals surface area contributed by atoms with Crippen LogP contribution in [0.15, 0.2) is 23.2 Å². The van der Waals surface area contributed by atoms with Crippen LogP contribution in [0.25, 0.3) is 10.6 Å². The first-order valence-electron chi connectivity index (χ1n) is 10.8. The van der Waals surface area contributed by atoms with Gasteiger partial charge in [-0.1, -0.05) is 17.4 Å². The summed E-state index contributed by atoms with van der Waals surface area (Å²) in [5.74, 6) is -1.61. The van der Waals surface area contributed by atoms with Gasteiger partial charge in [0.25, 0.3) is 5.91 Å². The van der Waals surface area contributed by atoms with Gasteiger partial charge >= 0.3 is 0 Å². The molecule has 2 saturated heterocycles. The lowest BCUT2D eigenvalue weighted by Crippen LogP contribution is -2.53. The van der Waals surface area contributed by atoms with Gasteiger partial charge in [0.2, 0.25) is 0 Å². The number of carbonyl (C=O) groups is 1. The highest BCUT2D eigenvalue weighted by molar-refractivity contribution is 7.19. The van der Waals surface area contributed by atoms with Crippen LogP contribution in [-0.4, -0.2) is 67.1 Å². The minimum Gasteiger partial charge on any atom is -0.389 e. The second kappa shape index (κ2) is 9.52. The molecule has 4 rings (SSSR count). The van der Waals surface area contributed by atoms with Gasteiger partial charge < -0.3 is 26.7 Å². The summed E-state index contributed by atoms with van der Waals surface area (Å²) in [5, 5.41) is 14.1. The van der Waals surface area contributed by atoms with Gasteiger partial charge in [-0.25, -0.2) is 13.8 Å². The summed E-state index contributed by atoms with van der Waals surface area (Å²) in [6, 6.07) is 2.72. The summed E-state index contributed by atoms with van der Waals surface area (Å²) in [5.41, 5.74) is 5.83. The first kappa shape index (κ1) is 23.2. The van der Waals surface area contributed by atoms with Crippen LogP contribution in [-0.2, 0) is 0 Å². The quantitative estimate of drug-likeness (QED) is 0.391. The number of nitrogens with two attached hydrogens (primary N) is 1. The Morgan fingerprint density at radius 3 is 2.64 bits per heavy atom. The number of nitrogens with zero attached hydrogens (tertiary/aromatic N) is 3. The number of anilines is 1. The average Bonchev–Trinajstić information content (AvgIpc) is 3.41. The summed E-state index contributed by atoms with van der Waals surface area (Å²) in [6.07, 6.45) is 4.32. The van der Waals surface area contributed by atoms with Gasteiger partial charge in [-0.15, -0.1) is 0 Å². The van der Waals surface area contributed by atoms with Crippen molar-refractivity contribution in [1.29, 1.82) is 5.41 Å². The Morgan fingerprint density at radius 1 is 1.36 bits per heavy atom. The van der Waals surface area contributed by atoms with Crippen LogP contribution in [0.4, 0.5) is 13.8 Å². The molecule has 0 saturated carbocycles. The highest BCUT2D eigenvalue weighted by Gasteiger charge is 2.38. The fraction of sp³-hybridized carbons (Fsp3) is 0.455. The lowest BCUT2D eigenvalue weighted by Gasteiger charge is -2.41. The number of aromatic nitrogens is 1. The molecule has 0 bridgehead atoms. The van der Waals surface area contributed by atoms with Crippen LogP contribution in [0.2, 0.25) is 0 Å². The zero-order chi connectivity index (χ0) is 23.6. The third-order valence-corrected chi connectivity index (χ3v) is 7.39. The number of rotatable bonds is 5. The normalized spacial score (nSPS) is 19.0. The average molecular weight is 476 g/mol. The maximum absolute atomic E-state index is 14.1. The monoisotopic (exact) mass is 475 g/mol. The predicted molar refractivity (Wildman–Crippen MR) is 126 cm³/mol. The third kappa shape index (κ3) is 4.60. The van der Waals surface area contributed by atoms with E-state index in [1.807, 2.05) is 0 Å². The van der Waals surface area contributed by atoms with Gasteiger partial charge in [-0.05, 0) is 43.4 Å². The molecule has 1 spiro atoms. The molecular formula is C22H27F2N7OS. The molecule has 1 amide bonds. The Hall–Kier alpha value is -2.92. The zero-order valence-corrected chi connectivity index (χ0v) is 19.1. The third-order valence-electron chi connectivity index (χ3n) is 6.49. The van der Waals surface area contributed by atoms with Crippen molar-refractivity contribution < 1.29 is 13.6 Å². The Morgan fingerprint density at radius 2 is 2.06 bits per heavy atom. The lowest BCUT2D eigenvalue weighted by molar-refractivity contribution is 0.0947. The number of amides is 1. The number of thiazole rings is 1. The minimum atomic E-state index is -0.784. The topological polar surface area (TPSA) is 119 Å². The number of halogens is 2. The highest BCUT2D eigenvalue weighted by atomic mass is 32.1. The molecule has 176 valence electrons. The molecule has 33 heavy (non-hydrogen) atoms. The van der Waals surface area contributed by atoms with E-state index in [4.69, 9.17) is 11.1 Å². The molecule has 2 aromatic rings. The second-order valence-corrected chi connectivity index (χ2v) is 9.47. The van der Waals surface area contributed by atoms with E-state index >= 15 is 0 Å². The number of benzene rings is 1. The lowest BCUT2D eigenvalue weighted by atomic mass is 9.77. The number of nitrogen functional groups attached to an aromatic ring is 1. The number of hydrogen-bond acceptors (Lipinski definition) is 7. The molecule has 5 N–H and O–H groups in total. The van der Waals surface area contributed by atoms with Crippen molar-refractivity contribution in [3.8, 4) is 10.6 Å². The van der Waals surface area contributed by atoms with Crippen molar-refractivity contribution in [2.45, 2.75) is 25.3 Å². The van der Waals surface area contributed by atoms with Crippen LogP contribution in [0.1, 0.15) is 29.8 Å². The van der Waals surface area contributed by atoms with E-state index < -0.39 is 23.6 Å². The molecule has 0 radical (unpaired) electrons. The summed E-state index contributed by atoms with van der Waals surface area (Å²) in [7, 11) is 1.63. The van der Waals surface area contributed by atoms with Gasteiger partial charge in [-0.2, -0.15) is 0 Å². The number of carbonyl (C=O) groups excluding carboxylic acids is 1. The number of aliphatic imine (C=N–C) groups is 1. The first-order valence-corrected chi connectivity index (χ1v) is 11.6. The van der Waals surface area contributed by atoms with Crippen LogP contribution < -0.4 is 16.4 Å². The van der Waals surface area contributed by atoms with Crippen LogP contribution in [0, 0.1) is 22.5 Å². The van der Waals surface area contributed by atoms with E-state index in [0.29, 0.717) is 11.3 Å². The van der Waals surface area contributed by atoms with Crippen molar-refractivity contribution >= 4 is 34.3 Å². The van der Waals surface area contributed by atoms with Gasteiger partial charge in [0.1, 0.15) is 33.5 Å². The fourth-order valence-electron chi connectivity index (χ4n) is 4.60. The zero-order valence-electron chi connectivity index (χ0n) is 18.3. The SMILES string of the molecule is CN=C(C(C=N)NC(=O)c1nc(-c2c(F)cccc2F)sc1N)N1CCC2(CCNC2)CC1. The van der Waals surface area contributed by atoms with Crippen LogP contribution in [0.5, 0.6) is 0 Å². The van der Waals surface area contributed by atoms with Crippen molar-refractivity contribution in [3.05, 3.63) is 35.5 Å². The standard InChI is InChI=1S/C22H27F2N7OS/c1-27-19(31-9-6-22(7-10-31)5-8-28-12-22)15(11-25)29-20(32)17-18(26)33-21(30-17)16-13(23)3-2-4-14(16)24/h2-4,11,15,25,28H,5-10,12,26H2,1H3,(H,29,32). The molecule has 1 aromatic heterocycles. The molecule has 1 atom stereocenters. The van der Waals surface area contributed by atoms with Crippen molar-refractivity contribution in [1.82, 2.24) is 20.5 Å². The van der Waals surface area contributed by atoms with Crippen LogP contribution >= 0.6 is 11.3 Å². The van der Waals surface area contributed by atoms with Crippen molar-refractivity contribution in [2.24, 2.45) is 10.4 Å². The van der Waals surface area contributed by atoms with E-state index in [1.165, 1.54) is 6.07 Å². The molecule has 8 nitrogen and oxygen atoms in total. The summed E-state index contributed by atoms with van der Waals surface area (Å²) >= 11 is 0.834. The van der Waals surface area contributed by atoms with E-state index in [2.05, 4.69) is 25.5 Å². The van der Waals surface area contributed by atoms with Gasteiger partial charge in [-0.3, -0.25) is 9.79 Å². The second-order valence-electron chi connectivity index (χ2n) is 8.44. The van der Waals surface area contributed by atoms with E-state index in [1.54, 1.807) is 7.05 Å². The van der Waals surface area contributed by atoms with Crippen molar-refractivity contribution in [3.63, 3.8) is 0 Å². The highest BCUT2D eigenvalue weighted by Crippen LogP contribution is 2.37. The number of piperidine rings is 1. The molecule has 2 aliphatic rings. The molecule has 11 heteroatoms. The maximum Gasteiger partial charge on any atom is 0.273 e. The molecule has 0 aliphatic carbocycles. The van der Waals surface area contributed by atoms with Gasteiger partial charge in [0, 0.05) is 32.9 Å². The number of likely N-dealkylation sites (tertiary alicyclic amines) is 1. The Balaban J connectivity index is 1.49. The Kier molecular flexibility index (Phi) is 6.71. The summed E-state index contributed by atoms with van der Waals surface area (Å²) in [6.45, 7) is 3.66. The Bertz CT molecular complexity index is 1050. The van der Waals surface area contributed by atoms with Crippen LogP contribution in [0.3, 0.4) is 0 Å². The van der Waals surface area contributed by atoms with Gasteiger partial charge in [0.15, 0.2) is 5.69 Å². The molecule has 2 aliphatic heterocycles. The van der Waals surface area contributed by atoms with E-state index in [0.717, 1.165) is 75.1 Å². The molecule has 3 heterocycles. The minimum absolute atomic E-state index is 0.0180. The molecular weight excluding hydrogens is 448 g/mol. The number of hydrogen-bond donors (Lipinski definition) is 4. The number of amidine groups is 1. The number of nitrogens with one attached hydrogen (secondary N) is 3. The van der Waals surface area contributed by atoms with E-state index in [-0.39, 0.29) is 21.3 Å². The predicted octanol–water partition coefficient (Wildman–Crippen LogP) is 2.52. The molecule has 1 aromatic carbocycles. The van der Waals surface area contributed by atoms with Crippen molar-refractivity contribution in [2.75, 3.05) is 39.0 Å². The maximum atomic E-state index is 14.1. The molecule has 1 unspecified atom stereocenters. The molecule has 2 fully saturated rings. The summed E-state index contributed by atoms with van der Waals surface area (Å²) < 4.78 is 28.3. The van der Waals surface area contributed by atoms with Gasteiger partial charge in [0.05, 0.1) is 5.56 Å². The van der Waals surface area contributed by atoms with E-state index in [9.17, 15) is 13.6 Å². The largest absolute Gasteiger partial charge is 0.389 e. The smallest absolute Gasteiger partial charge is 0.273 e. The fourth-order valence-corrected chi connectivity index (χ4v) is 5.48. The Labute approximate surface area is 194 Å². The first-order chi connectivity index (χ1) is 15.9.